The number of ether oxygens (including phenoxy) is 2. The molecule has 1 aromatic rings. The summed E-state index contributed by atoms with van der Waals surface area (Å²) in [5.74, 6) is -0.0988. The van der Waals surface area contributed by atoms with Crippen LogP contribution in [-0.2, 0) is 4.74 Å². The number of esters is 1. The second-order valence-corrected chi connectivity index (χ2v) is 4.65. The first-order chi connectivity index (χ1) is 9.10. The van der Waals surface area contributed by atoms with Crippen LogP contribution in [0.5, 0.6) is 5.75 Å². The van der Waals surface area contributed by atoms with Crippen LogP contribution in [0.3, 0.4) is 0 Å². The zero-order valence-corrected chi connectivity index (χ0v) is 11.3. The molecule has 0 heterocycles. The van der Waals surface area contributed by atoms with E-state index in [-0.39, 0.29) is 12.0 Å². The topological polar surface area (TPSA) is 71.3 Å². The van der Waals surface area contributed by atoms with Gasteiger partial charge in [-0.2, -0.15) is 5.26 Å². The molecule has 5 nitrogen and oxygen atoms in total. The second kappa shape index (κ2) is 5.37. The Kier molecular flexibility index (Phi) is 3.82. The van der Waals surface area contributed by atoms with Crippen molar-refractivity contribution < 1.29 is 14.3 Å². The maximum atomic E-state index is 11.7. The predicted molar refractivity (Wildman–Crippen MR) is 70.5 cm³/mol. The van der Waals surface area contributed by atoms with Crippen molar-refractivity contribution in [3.05, 3.63) is 22.7 Å². The summed E-state index contributed by atoms with van der Waals surface area (Å²) in [7, 11) is 2.78. The molecule has 19 heavy (non-hydrogen) atoms. The number of nitriles is 1. The maximum absolute atomic E-state index is 11.7. The minimum atomic E-state index is -0.480. The largest absolute Gasteiger partial charge is 0.495 e. The number of halogens is 1. The van der Waals surface area contributed by atoms with Crippen molar-refractivity contribution in [3.63, 3.8) is 0 Å². The number of benzene rings is 1. The van der Waals surface area contributed by atoms with Crippen LogP contribution >= 0.6 is 11.6 Å². The van der Waals surface area contributed by atoms with Crippen molar-refractivity contribution in [2.75, 3.05) is 19.5 Å². The highest BCUT2D eigenvalue weighted by Gasteiger charge is 2.38. The van der Waals surface area contributed by atoms with Crippen molar-refractivity contribution >= 4 is 23.3 Å². The number of nitrogens with zero attached hydrogens (tertiary/aromatic N) is 1. The monoisotopic (exact) mass is 280 g/mol. The highest BCUT2D eigenvalue weighted by atomic mass is 35.5. The normalized spacial score (nSPS) is 20.3. The van der Waals surface area contributed by atoms with Gasteiger partial charge in [-0.3, -0.25) is 0 Å². The molecule has 2 unspecified atom stereocenters. The fraction of sp³-hybridized carbons (Fsp3) is 0.385. The van der Waals surface area contributed by atoms with Gasteiger partial charge in [-0.15, -0.1) is 0 Å². The fourth-order valence-electron chi connectivity index (χ4n) is 1.81. The van der Waals surface area contributed by atoms with Crippen LogP contribution in [0.15, 0.2) is 12.1 Å². The first kappa shape index (κ1) is 13.5. The molecule has 2 rings (SSSR count). The number of anilines is 1. The van der Waals surface area contributed by atoms with E-state index in [4.69, 9.17) is 26.3 Å². The first-order valence-electron chi connectivity index (χ1n) is 5.72. The van der Waals surface area contributed by atoms with Gasteiger partial charge in [0.1, 0.15) is 5.75 Å². The summed E-state index contributed by atoms with van der Waals surface area (Å²) in [6.07, 6.45) is 0.765. The number of hydrogen-bond donors (Lipinski definition) is 1. The van der Waals surface area contributed by atoms with E-state index in [2.05, 4.69) is 11.4 Å². The zero-order valence-electron chi connectivity index (χ0n) is 10.6. The number of rotatable bonds is 4. The Morgan fingerprint density at radius 2 is 2.26 bits per heavy atom. The van der Waals surface area contributed by atoms with E-state index in [0.29, 0.717) is 22.0 Å². The molecule has 0 radical (unpaired) electrons. The second-order valence-electron chi connectivity index (χ2n) is 4.25. The minimum absolute atomic E-state index is 0.0219. The summed E-state index contributed by atoms with van der Waals surface area (Å²) in [5.41, 5.74) is 0.896. The number of nitrogens with one attached hydrogen (secondary N) is 1. The summed E-state index contributed by atoms with van der Waals surface area (Å²) in [4.78, 5) is 11.7. The van der Waals surface area contributed by atoms with Gasteiger partial charge in [-0.1, -0.05) is 11.6 Å². The van der Waals surface area contributed by atoms with Crippen molar-refractivity contribution in [2.45, 2.75) is 12.5 Å². The lowest BCUT2D eigenvalue weighted by molar-refractivity contribution is 0.0601. The van der Waals surface area contributed by atoms with E-state index >= 15 is 0 Å². The summed E-state index contributed by atoms with van der Waals surface area (Å²) >= 11 is 6.04. The lowest BCUT2D eigenvalue weighted by Gasteiger charge is -2.13. The molecular formula is C13H13ClN2O3. The van der Waals surface area contributed by atoms with Crippen LogP contribution in [-0.4, -0.2) is 26.2 Å². The molecule has 1 saturated carbocycles. The molecule has 6 heteroatoms. The predicted octanol–water partition coefficient (Wildman–Crippen LogP) is 2.46. The van der Waals surface area contributed by atoms with Crippen molar-refractivity contribution in [1.29, 1.82) is 5.26 Å². The first-order valence-corrected chi connectivity index (χ1v) is 6.10. The molecule has 1 fully saturated rings. The highest BCUT2D eigenvalue weighted by molar-refractivity contribution is 6.32. The summed E-state index contributed by atoms with van der Waals surface area (Å²) < 4.78 is 9.81. The third-order valence-corrected chi connectivity index (χ3v) is 3.29. The average molecular weight is 281 g/mol. The Morgan fingerprint density at radius 3 is 2.79 bits per heavy atom. The van der Waals surface area contributed by atoms with Crippen molar-refractivity contribution in [2.24, 2.45) is 5.92 Å². The van der Waals surface area contributed by atoms with Crippen LogP contribution in [0.1, 0.15) is 16.8 Å². The molecule has 100 valence electrons. The van der Waals surface area contributed by atoms with Gasteiger partial charge >= 0.3 is 5.97 Å². The lowest BCUT2D eigenvalue weighted by Crippen LogP contribution is -2.11. The molecule has 0 aromatic heterocycles. The van der Waals surface area contributed by atoms with E-state index in [1.807, 2.05) is 0 Å². The molecule has 2 atom stereocenters. The quantitative estimate of drug-likeness (QED) is 0.858. The Morgan fingerprint density at radius 1 is 1.53 bits per heavy atom. The van der Waals surface area contributed by atoms with E-state index < -0.39 is 5.97 Å². The molecule has 1 aliphatic carbocycles. The molecule has 0 aliphatic heterocycles. The molecule has 1 aromatic carbocycles. The smallest absolute Gasteiger partial charge is 0.340 e. The number of carbonyl (C=O) groups is 1. The average Bonchev–Trinajstić information content (AvgIpc) is 3.16. The summed E-state index contributed by atoms with van der Waals surface area (Å²) in [5, 5.41) is 12.3. The van der Waals surface area contributed by atoms with Crippen LogP contribution < -0.4 is 10.1 Å². The van der Waals surface area contributed by atoms with Crippen molar-refractivity contribution in [3.8, 4) is 11.8 Å². The summed E-state index contributed by atoms with van der Waals surface area (Å²) in [6.45, 7) is 0. The highest BCUT2D eigenvalue weighted by Crippen LogP contribution is 2.37. The van der Waals surface area contributed by atoms with Crippen LogP contribution in [0.2, 0.25) is 5.02 Å². The van der Waals surface area contributed by atoms with Gasteiger partial charge in [0.15, 0.2) is 0 Å². The standard InChI is InChI=1S/C13H13ClN2O3/c1-18-12-4-8(13(17)19-2)11(5-9(12)14)16-10-3-7(10)6-15/h4-5,7,10,16H,3H2,1-2H3. The van der Waals surface area contributed by atoms with E-state index in [0.717, 1.165) is 6.42 Å². The maximum Gasteiger partial charge on any atom is 0.340 e. The lowest BCUT2D eigenvalue weighted by atomic mass is 10.1. The number of carbonyl (C=O) groups excluding carboxylic acids is 1. The van der Waals surface area contributed by atoms with Gasteiger partial charge in [0.05, 0.1) is 42.5 Å². The minimum Gasteiger partial charge on any atom is -0.495 e. The molecule has 0 spiro atoms. The molecule has 0 bridgehead atoms. The van der Waals surface area contributed by atoms with Gasteiger partial charge < -0.3 is 14.8 Å². The van der Waals surface area contributed by atoms with Gasteiger partial charge in [-0.25, -0.2) is 4.79 Å². The molecule has 1 aliphatic rings. The van der Waals surface area contributed by atoms with E-state index in [9.17, 15) is 4.79 Å². The SMILES string of the molecule is COC(=O)c1cc(OC)c(Cl)cc1NC1CC1C#N. The Bertz CT molecular complexity index is 554. The third kappa shape index (κ3) is 2.74. The Labute approximate surface area is 116 Å². The Balaban J connectivity index is 2.32. The molecule has 1 N–H and O–H groups in total. The van der Waals surface area contributed by atoms with Crippen LogP contribution in [0.4, 0.5) is 5.69 Å². The fourth-order valence-corrected chi connectivity index (χ4v) is 2.05. The van der Waals surface area contributed by atoms with E-state index in [1.54, 1.807) is 6.07 Å². The number of methoxy groups -OCH3 is 2. The van der Waals surface area contributed by atoms with Crippen molar-refractivity contribution in [1.82, 2.24) is 0 Å². The molecular weight excluding hydrogens is 268 g/mol. The van der Waals surface area contributed by atoms with Gasteiger partial charge in [0.2, 0.25) is 0 Å². The van der Waals surface area contributed by atoms with Gasteiger partial charge in [0, 0.05) is 6.04 Å². The van der Waals surface area contributed by atoms with Crippen LogP contribution in [0, 0.1) is 17.2 Å². The van der Waals surface area contributed by atoms with E-state index in [1.165, 1.54) is 20.3 Å². The Hall–Kier alpha value is -1.93. The molecule has 0 amide bonds. The molecule has 0 saturated heterocycles. The van der Waals surface area contributed by atoms with Gasteiger partial charge in [-0.05, 0) is 18.6 Å². The van der Waals surface area contributed by atoms with Gasteiger partial charge in [0.25, 0.3) is 0 Å². The third-order valence-electron chi connectivity index (χ3n) is 2.99. The summed E-state index contributed by atoms with van der Waals surface area (Å²) in [6, 6.07) is 5.36. The number of hydrogen-bond acceptors (Lipinski definition) is 5. The van der Waals surface area contributed by atoms with Crippen LogP contribution in [0.25, 0.3) is 0 Å². The zero-order chi connectivity index (χ0) is 14.0.